The largest absolute Gasteiger partial charge is 0.494 e. The highest BCUT2D eigenvalue weighted by atomic mass is 19.1. The molecule has 1 unspecified atom stereocenters. The van der Waals surface area contributed by atoms with Crippen molar-refractivity contribution >= 4 is 11.2 Å². The molecule has 37 heavy (non-hydrogen) atoms. The lowest BCUT2D eigenvalue weighted by atomic mass is 9.89. The SMILES string of the molecule is C/C(C#N)=C1/c2ccc(Cc3c(C4CCOC4)nc4cc(F)cc(O)n34)cc2COc2cc(F)ccc21. The molecule has 0 aliphatic carbocycles. The summed E-state index contributed by atoms with van der Waals surface area (Å²) in [6.07, 6.45) is 1.23. The van der Waals surface area contributed by atoms with Crippen molar-refractivity contribution in [1.82, 2.24) is 9.38 Å². The van der Waals surface area contributed by atoms with Crippen molar-refractivity contribution in [2.45, 2.75) is 32.3 Å². The third kappa shape index (κ3) is 4.02. The molecule has 1 fully saturated rings. The number of aromatic nitrogens is 2. The maximum absolute atomic E-state index is 14.0. The average Bonchev–Trinajstić information content (AvgIpc) is 3.49. The highest BCUT2D eigenvalue weighted by Gasteiger charge is 2.27. The number of nitrogens with zero attached hydrogens (tertiary/aromatic N) is 3. The summed E-state index contributed by atoms with van der Waals surface area (Å²) in [7, 11) is 0. The minimum absolute atomic E-state index is 0.0544. The average molecular weight is 500 g/mol. The number of hydrogen-bond donors (Lipinski definition) is 1. The fourth-order valence-corrected chi connectivity index (χ4v) is 5.34. The summed E-state index contributed by atoms with van der Waals surface area (Å²) in [6, 6.07) is 14.9. The van der Waals surface area contributed by atoms with E-state index in [-0.39, 0.29) is 18.4 Å². The summed E-state index contributed by atoms with van der Waals surface area (Å²) in [5.41, 5.74) is 6.42. The van der Waals surface area contributed by atoms with Gasteiger partial charge in [-0.05, 0) is 42.2 Å². The van der Waals surface area contributed by atoms with Crippen LogP contribution in [0.4, 0.5) is 8.78 Å². The second kappa shape index (κ2) is 9.02. The van der Waals surface area contributed by atoms with Gasteiger partial charge >= 0.3 is 0 Å². The van der Waals surface area contributed by atoms with E-state index in [2.05, 4.69) is 11.1 Å². The quantitative estimate of drug-likeness (QED) is 0.369. The van der Waals surface area contributed by atoms with Crippen molar-refractivity contribution in [3.8, 4) is 17.7 Å². The van der Waals surface area contributed by atoms with Crippen molar-refractivity contribution in [2.75, 3.05) is 13.2 Å². The molecule has 4 aromatic rings. The minimum Gasteiger partial charge on any atom is -0.494 e. The Kier molecular flexibility index (Phi) is 5.65. The number of benzene rings is 2. The molecule has 0 saturated carbocycles. The van der Waals surface area contributed by atoms with E-state index in [1.54, 1.807) is 17.4 Å². The van der Waals surface area contributed by atoms with E-state index in [0.29, 0.717) is 47.7 Å². The molecule has 0 bridgehead atoms. The Balaban J connectivity index is 1.46. The number of rotatable bonds is 3. The van der Waals surface area contributed by atoms with Crippen LogP contribution in [0.1, 0.15) is 52.9 Å². The summed E-state index contributed by atoms with van der Waals surface area (Å²) >= 11 is 0. The Morgan fingerprint density at radius 1 is 1.14 bits per heavy atom. The van der Waals surface area contributed by atoms with Crippen LogP contribution in [0.25, 0.3) is 11.2 Å². The van der Waals surface area contributed by atoms with Gasteiger partial charge in [0.25, 0.3) is 0 Å². The number of halogens is 2. The van der Waals surface area contributed by atoms with E-state index in [1.807, 2.05) is 18.2 Å². The predicted molar refractivity (Wildman–Crippen MR) is 132 cm³/mol. The lowest BCUT2D eigenvalue weighted by Gasteiger charge is -2.14. The molecule has 2 aromatic carbocycles. The number of hydrogen-bond acceptors (Lipinski definition) is 5. The van der Waals surface area contributed by atoms with Crippen LogP contribution in [0.2, 0.25) is 0 Å². The van der Waals surface area contributed by atoms with Gasteiger partial charge in [0.2, 0.25) is 0 Å². The molecular formula is C29H23F2N3O3. The lowest BCUT2D eigenvalue weighted by molar-refractivity contribution is 0.193. The Labute approximate surface area is 212 Å². The van der Waals surface area contributed by atoms with Crippen LogP contribution in [0.3, 0.4) is 0 Å². The number of allylic oxidation sites excluding steroid dienone is 1. The summed E-state index contributed by atoms with van der Waals surface area (Å²) < 4.78 is 41.2. The van der Waals surface area contributed by atoms with Crippen molar-refractivity contribution < 1.29 is 23.4 Å². The Morgan fingerprint density at radius 2 is 1.97 bits per heavy atom. The van der Waals surface area contributed by atoms with Gasteiger partial charge in [0.1, 0.15) is 29.6 Å². The first-order chi connectivity index (χ1) is 17.9. The topological polar surface area (TPSA) is 79.8 Å². The Morgan fingerprint density at radius 3 is 2.76 bits per heavy atom. The molecule has 0 radical (unpaired) electrons. The third-order valence-corrected chi connectivity index (χ3v) is 7.06. The fourth-order valence-electron chi connectivity index (χ4n) is 5.34. The molecule has 0 amide bonds. The predicted octanol–water partition coefficient (Wildman–Crippen LogP) is 5.65. The van der Waals surface area contributed by atoms with Gasteiger partial charge in [0.15, 0.2) is 5.88 Å². The van der Waals surface area contributed by atoms with E-state index in [9.17, 15) is 19.1 Å². The van der Waals surface area contributed by atoms with Gasteiger partial charge in [0.05, 0.1) is 24.1 Å². The standard InChI is InChI=1S/C29H23F2N3O3/c1-16(13-32)28-22-4-2-17(8-19(22)15-37-25-10-20(30)3-5-23(25)28)9-24-29(18-6-7-36-14-18)33-26-11-21(31)12-27(35)34(24)26/h2-5,8,10-12,18,35H,6-7,9,14-15H2,1H3/b28-16+. The lowest BCUT2D eigenvalue weighted by Crippen LogP contribution is -2.06. The molecule has 6 nitrogen and oxygen atoms in total. The minimum atomic E-state index is -0.555. The number of aromatic hydroxyl groups is 1. The summed E-state index contributed by atoms with van der Waals surface area (Å²) in [6.45, 7) is 3.09. The number of ether oxygens (including phenoxy) is 2. The van der Waals surface area contributed by atoms with E-state index in [1.165, 1.54) is 18.2 Å². The summed E-state index contributed by atoms with van der Waals surface area (Å²) in [5.74, 6) is -0.737. The first kappa shape index (κ1) is 23.2. The molecule has 1 atom stereocenters. The normalized spacial score (nSPS) is 18.1. The maximum atomic E-state index is 14.0. The molecule has 4 heterocycles. The molecule has 1 saturated heterocycles. The second-order valence-corrected chi connectivity index (χ2v) is 9.44. The molecule has 186 valence electrons. The molecule has 8 heteroatoms. The number of nitriles is 1. The number of pyridine rings is 1. The maximum Gasteiger partial charge on any atom is 0.200 e. The molecule has 2 aromatic heterocycles. The van der Waals surface area contributed by atoms with E-state index < -0.39 is 11.6 Å². The van der Waals surface area contributed by atoms with Crippen LogP contribution < -0.4 is 4.74 Å². The number of fused-ring (bicyclic) bond motifs is 3. The number of imidazole rings is 1. The van der Waals surface area contributed by atoms with Gasteiger partial charge in [0, 0.05) is 53.9 Å². The van der Waals surface area contributed by atoms with Gasteiger partial charge in [-0.15, -0.1) is 0 Å². The van der Waals surface area contributed by atoms with E-state index in [0.717, 1.165) is 40.6 Å². The van der Waals surface area contributed by atoms with Crippen molar-refractivity contribution in [3.05, 3.63) is 99.4 Å². The molecule has 2 aliphatic heterocycles. The third-order valence-electron chi connectivity index (χ3n) is 7.06. The zero-order valence-corrected chi connectivity index (χ0v) is 20.1. The van der Waals surface area contributed by atoms with Crippen molar-refractivity contribution in [1.29, 1.82) is 5.26 Å². The van der Waals surface area contributed by atoms with Gasteiger partial charge < -0.3 is 14.6 Å². The zero-order valence-electron chi connectivity index (χ0n) is 20.1. The first-order valence-electron chi connectivity index (χ1n) is 12.1. The Bertz CT molecular complexity index is 1630. The van der Waals surface area contributed by atoms with Gasteiger partial charge in [-0.3, -0.25) is 4.40 Å². The first-order valence-corrected chi connectivity index (χ1v) is 12.1. The van der Waals surface area contributed by atoms with Crippen molar-refractivity contribution in [3.63, 3.8) is 0 Å². The van der Waals surface area contributed by atoms with Crippen LogP contribution in [0.5, 0.6) is 11.6 Å². The Hall–Kier alpha value is -4.22. The van der Waals surface area contributed by atoms with E-state index in [4.69, 9.17) is 9.47 Å². The fraction of sp³-hybridized carbons (Fsp3) is 0.241. The molecular weight excluding hydrogens is 476 g/mol. The molecule has 0 spiro atoms. The van der Waals surface area contributed by atoms with Crippen molar-refractivity contribution in [2.24, 2.45) is 0 Å². The summed E-state index contributed by atoms with van der Waals surface area (Å²) in [5, 5.41) is 20.3. The summed E-state index contributed by atoms with van der Waals surface area (Å²) in [4.78, 5) is 4.68. The van der Waals surface area contributed by atoms with E-state index >= 15 is 0 Å². The molecule has 6 rings (SSSR count). The highest BCUT2D eigenvalue weighted by Crippen LogP contribution is 2.40. The van der Waals surface area contributed by atoms with Gasteiger partial charge in [-0.1, -0.05) is 18.2 Å². The highest BCUT2D eigenvalue weighted by molar-refractivity contribution is 5.88. The van der Waals surface area contributed by atoms with Gasteiger partial charge in [-0.25, -0.2) is 13.8 Å². The zero-order chi connectivity index (χ0) is 25.7. The molecule has 1 N–H and O–H groups in total. The van der Waals surface area contributed by atoms with Crippen LogP contribution >= 0.6 is 0 Å². The van der Waals surface area contributed by atoms with Crippen LogP contribution in [-0.4, -0.2) is 27.7 Å². The second-order valence-electron chi connectivity index (χ2n) is 9.44. The monoisotopic (exact) mass is 499 g/mol. The molecule has 2 aliphatic rings. The van der Waals surface area contributed by atoms with Crippen LogP contribution in [-0.2, 0) is 17.8 Å². The van der Waals surface area contributed by atoms with Crippen LogP contribution in [0.15, 0.2) is 54.1 Å². The van der Waals surface area contributed by atoms with Crippen LogP contribution in [0, 0.1) is 23.0 Å². The van der Waals surface area contributed by atoms with Gasteiger partial charge in [-0.2, -0.15) is 5.26 Å². The smallest absolute Gasteiger partial charge is 0.200 e.